The van der Waals surface area contributed by atoms with Crippen molar-refractivity contribution in [3.63, 3.8) is 0 Å². The normalized spacial score (nSPS) is 12.2. The van der Waals surface area contributed by atoms with Gasteiger partial charge in [-0.1, -0.05) is 6.92 Å². The molecule has 0 spiro atoms. The highest BCUT2D eigenvalue weighted by Crippen LogP contribution is 2.38. The van der Waals surface area contributed by atoms with Gasteiger partial charge in [-0.05, 0) is 32.6 Å². The van der Waals surface area contributed by atoms with Gasteiger partial charge in [-0.25, -0.2) is 0 Å². The molecule has 1 aromatic rings. The van der Waals surface area contributed by atoms with E-state index in [-0.39, 0.29) is 23.5 Å². The van der Waals surface area contributed by atoms with Gasteiger partial charge in [0.25, 0.3) is 16.9 Å². The first-order valence-corrected chi connectivity index (χ1v) is 7.96. The fraction of sp³-hybridized carbons (Fsp3) is 0.467. The summed E-state index contributed by atoms with van der Waals surface area (Å²) < 4.78 is 5.27. The number of hydrogen-bond donors (Lipinski definition) is 1. The number of fused-ring (bicyclic) bond motifs is 1. The molecule has 1 aliphatic heterocycles. The predicted octanol–water partition coefficient (Wildman–Crippen LogP) is 1.02. The van der Waals surface area contributed by atoms with Crippen molar-refractivity contribution in [2.75, 3.05) is 33.9 Å². The molecule has 1 aromatic carbocycles. The van der Waals surface area contributed by atoms with Gasteiger partial charge in [0, 0.05) is 0 Å². The van der Waals surface area contributed by atoms with Crippen LogP contribution in [0.15, 0.2) is 12.1 Å². The van der Waals surface area contributed by atoms with Crippen molar-refractivity contribution in [3.8, 4) is 5.75 Å². The summed E-state index contributed by atoms with van der Waals surface area (Å²) in [7, 11) is 3.75. The van der Waals surface area contributed by atoms with Crippen LogP contribution in [0.25, 0.3) is 0 Å². The molecule has 0 unspecified atom stereocenters. The van der Waals surface area contributed by atoms with Crippen molar-refractivity contribution in [1.82, 2.24) is 10.2 Å². The lowest BCUT2D eigenvalue weighted by atomic mass is 10.1. The maximum absolute atomic E-state index is 12.4. The molecule has 1 N–H and O–H groups in total. The Morgan fingerprint density at radius 3 is 2.26 bits per heavy atom. The first-order valence-electron chi connectivity index (χ1n) is 7.96. The van der Waals surface area contributed by atoms with E-state index in [1.807, 2.05) is 21.0 Å². The summed E-state index contributed by atoms with van der Waals surface area (Å²) in [5, 5.41) is 23.2. The second kappa shape index (κ2) is 10.0. The van der Waals surface area contributed by atoms with Gasteiger partial charge in [-0.2, -0.15) is 0 Å². The van der Waals surface area contributed by atoms with Crippen LogP contribution >= 0.6 is 0 Å². The predicted molar refractivity (Wildman–Crippen MR) is 92.2 cm³/mol. The van der Waals surface area contributed by atoms with E-state index < -0.39 is 40.7 Å². The van der Waals surface area contributed by atoms with E-state index in [4.69, 9.17) is 4.74 Å². The lowest BCUT2D eigenvalue weighted by Crippen LogP contribution is -2.33. The summed E-state index contributed by atoms with van der Waals surface area (Å²) in [5.74, 6) is -1.78. The van der Waals surface area contributed by atoms with Crippen molar-refractivity contribution in [1.29, 1.82) is 0 Å². The van der Waals surface area contributed by atoms with E-state index in [0.29, 0.717) is 11.3 Å². The molecule has 0 bridgehead atoms. The minimum absolute atomic E-state index is 0.106. The van der Waals surface area contributed by atoms with E-state index >= 15 is 0 Å². The molecule has 12 nitrogen and oxygen atoms in total. The second-order valence-electron chi connectivity index (χ2n) is 5.26. The van der Waals surface area contributed by atoms with Crippen molar-refractivity contribution in [3.05, 3.63) is 43.5 Å². The minimum Gasteiger partial charge on any atom is -0.487 e. The zero-order valence-electron chi connectivity index (χ0n) is 15.1. The highest BCUT2D eigenvalue weighted by molar-refractivity contribution is 6.23. The number of carbonyl (C=O) groups is 2. The Balaban J connectivity index is 0.00000114. The van der Waals surface area contributed by atoms with Gasteiger partial charge in [0.2, 0.25) is 0 Å². The maximum Gasteiger partial charge on any atom is 0.324 e. The molecule has 148 valence electrons. The van der Waals surface area contributed by atoms with Crippen molar-refractivity contribution >= 4 is 17.5 Å². The van der Waals surface area contributed by atoms with Gasteiger partial charge in [0.15, 0.2) is 5.75 Å². The zero-order chi connectivity index (χ0) is 20.6. The van der Waals surface area contributed by atoms with Crippen LogP contribution in [0.4, 0.5) is 5.69 Å². The Hall–Kier alpha value is -3.28. The number of rotatable bonds is 8. The topological polar surface area (TPSA) is 154 Å². The molecule has 12 heteroatoms. The van der Waals surface area contributed by atoms with E-state index in [1.54, 1.807) is 0 Å². The highest BCUT2D eigenvalue weighted by atomic mass is 16.9. The van der Waals surface area contributed by atoms with E-state index in [9.17, 15) is 29.8 Å². The summed E-state index contributed by atoms with van der Waals surface area (Å²) >= 11 is 0. The monoisotopic (exact) mass is 384 g/mol. The highest BCUT2D eigenvalue weighted by Gasteiger charge is 2.42. The van der Waals surface area contributed by atoms with Crippen LogP contribution in [-0.4, -0.2) is 60.6 Å². The molecule has 0 aromatic heterocycles. The standard InChI is InChI=1S/C13H13N3O8.C2H7N/c1-2-6-23-9-4-3-8-10(11(9)15(19)20)13(18)14(12(8)17)5-7-24-16(21)22;1-3-2/h3-4H,2,5-7H2,1H3;3H,1-2H3. The van der Waals surface area contributed by atoms with Gasteiger partial charge in [0.1, 0.15) is 12.2 Å². The van der Waals surface area contributed by atoms with Gasteiger partial charge in [-0.15, -0.1) is 10.1 Å². The summed E-state index contributed by atoms with van der Waals surface area (Å²) in [6, 6.07) is 2.52. The van der Waals surface area contributed by atoms with Crippen LogP contribution in [-0.2, 0) is 4.84 Å². The molecule has 1 heterocycles. The van der Waals surface area contributed by atoms with Crippen LogP contribution in [0.1, 0.15) is 34.1 Å². The third-order valence-electron chi connectivity index (χ3n) is 3.23. The fourth-order valence-electron chi connectivity index (χ4n) is 2.26. The molecule has 0 aliphatic carbocycles. The Bertz CT molecular complexity index is 737. The first kappa shape index (κ1) is 21.8. The number of amides is 2. The number of hydrogen-bond acceptors (Lipinski definition) is 9. The molecule has 2 amide bonds. The van der Waals surface area contributed by atoms with Gasteiger partial charge < -0.3 is 14.9 Å². The molecule has 0 radical (unpaired) electrons. The number of nitrogens with one attached hydrogen (secondary N) is 1. The Labute approximate surface area is 154 Å². The Kier molecular flexibility index (Phi) is 8.07. The average molecular weight is 384 g/mol. The number of nitrogens with zero attached hydrogens (tertiary/aromatic N) is 3. The molecule has 2 rings (SSSR count). The van der Waals surface area contributed by atoms with Crippen molar-refractivity contribution in [2.24, 2.45) is 0 Å². The smallest absolute Gasteiger partial charge is 0.324 e. The lowest BCUT2D eigenvalue weighted by molar-refractivity contribution is -0.757. The van der Waals surface area contributed by atoms with Gasteiger partial charge >= 0.3 is 5.69 Å². The Morgan fingerprint density at radius 2 is 1.74 bits per heavy atom. The first-order chi connectivity index (χ1) is 12.8. The number of carbonyl (C=O) groups excluding carboxylic acids is 2. The summed E-state index contributed by atoms with van der Waals surface area (Å²) in [6.07, 6.45) is 0.603. The molecule has 0 saturated carbocycles. The summed E-state index contributed by atoms with van der Waals surface area (Å²) in [6.45, 7) is 1.11. The van der Waals surface area contributed by atoms with Crippen molar-refractivity contribution < 1.29 is 29.2 Å². The number of imide groups is 1. The lowest BCUT2D eigenvalue weighted by Gasteiger charge is -2.12. The molecule has 0 saturated heterocycles. The Morgan fingerprint density at radius 1 is 1.11 bits per heavy atom. The minimum atomic E-state index is -1.06. The number of nitro groups is 1. The molecule has 1 aliphatic rings. The van der Waals surface area contributed by atoms with Crippen LogP contribution in [0.2, 0.25) is 0 Å². The third-order valence-corrected chi connectivity index (χ3v) is 3.23. The largest absolute Gasteiger partial charge is 0.487 e. The van der Waals surface area contributed by atoms with Crippen molar-refractivity contribution in [2.45, 2.75) is 13.3 Å². The van der Waals surface area contributed by atoms with E-state index in [2.05, 4.69) is 10.2 Å². The number of nitro benzene ring substituents is 1. The fourth-order valence-corrected chi connectivity index (χ4v) is 2.26. The number of benzene rings is 1. The second-order valence-corrected chi connectivity index (χ2v) is 5.26. The van der Waals surface area contributed by atoms with Crippen LogP contribution in [0.3, 0.4) is 0 Å². The number of ether oxygens (including phenoxy) is 1. The average Bonchev–Trinajstić information content (AvgIpc) is 2.84. The third kappa shape index (κ3) is 5.10. The molecular weight excluding hydrogens is 364 g/mol. The van der Waals surface area contributed by atoms with E-state index in [1.165, 1.54) is 12.1 Å². The van der Waals surface area contributed by atoms with Crippen LogP contribution in [0, 0.1) is 20.2 Å². The van der Waals surface area contributed by atoms with Gasteiger partial charge in [-0.3, -0.25) is 24.6 Å². The molecule has 0 atom stereocenters. The van der Waals surface area contributed by atoms with Crippen LogP contribution < -0.4 is 10.1 Å². The van der Waals surface area contributed by atoms with E-state index in [0.717, 1.165) is 0 Å². The van der Waals surface area contributed by atoms with Gasteiger partial charge in [0.05, 0.1) is 23.6 Å². The quantitative estimate of drug-likeness (QED) is 0.393. The summed E-state index contributed by atoms with van der Waals surface area (Å²) in [4.78, 5) is 50.0. The summed E-state index contributed by atoms with van der Waals surface area (Å²) in [5.41, 5.74) is -1.10. The molecular formula is C15H20N4O8. The SMILES string of the molecule is CCCOc1ccc2c(c1[N+](=O)[O-])C(=O)N(CCO[N+](=O)[O-])C2=O.CNC. The maximum atomic E-state index is 12.4. The zero-order valence-corrected chi connectivity index (χ0v) is 15.1. The van der Waals surface area contributed by atoms with Crippen LogP contribution in [0.5, 0.6) is 5.75 Å². The molecule has 27 heavy (non-hydrogen) atoms. The molecule has 0 fully saturated rings.